The largest absolute Gasteiger partial charge is 0.308 e. The predicted molar refractivity (Wildman–Crippen MR) is 91.4 cm³/mol. The van der Waals surface area contributed by atoms with Crippen LogP contribution in [-0.2, 0) is 10.0 Å². The Hall–Kier alpha value is -1.92. The summed E-state index contributed by atoms with van der Waals surface area (Å²) in [6.07, 6.45) is 0. The molecule has 1 amide bonds. The van der Waals surface area contributed by atoms with E-state index in [9.17, 15) is 13.2 Å². The van der Waals surface area contributed by atoms with Crippen LogP contribution in [0.5, 0.6) is 0 Å². The van der Waals surface area contributed by atoms with Crippen molar-refractivity contribution in [3.63, 3.8) is 0 Å². The molecule has 1 aliphatic heterocycles. The quantitative estimate of drug-likeness (QED) is 0.846. The van der Waals surface area contributed by atoms with Gasteiger partial charge >= 0.3 is 0 Å². The molecule has 0 unspecified atom stereocenters. The molecule has 0 saturated carbocycles. The smallest absolute Gasteiger partial charge is 0.258 e. The maximum absolute atomic E-state index is 12.9. The van der Waals surface area contributed by atoms with E-state index >= 15 is 0 Å². The Morgan fingerprint density at radius 2 is 1.74 bits per heavy atom. The Kier molecular flexibility index (Phi) is 3.90. The normalized spacial score (nSPS) is 14.3. The lowest BCUT2D eigenvalue weighted by atomic mass is 10.1. The molecule has 0 atom stereocenters. The van der Waals surface area contributed by atoms with Crippen molar-refractivity contribution in [2.75, 3.05) is 24.5 Å². The molecule has 0 radical (unpaired) electrons. The Bertz CT molecular complexity index is 886. The van der Waals surface area contributed by atoms with E-state index in [0.29, 0.717) is 30.6 Å². The molecule has 0 aromatic heterocycles. The zero-order valence-electron chi connectivity index (χ0n) is 13.5. The molecule has 1 heterocycles. The van der Waals surface area contributed by atoms with E-state index < -0.39 is 10.0 Å². The van der Waals surface area contributed by atoms with E-state index in [1.165, 1.54) is 4.31 Å². The van der Waals surface area contributed by atoms with Crippen LogP contribution in [0.15, 0.2) is 35.2 Å². The van der Waals surface area contributed by atoms with Crippen LogP contribution in [0.3, 0.4) is 0 Å². The van der Waals surface area contributed by atoms with Gasteiger partial charge in [0.25, 0.3) is 5.91 Å². The average Bonchev–Trinajstić information content (AvgIpc) is 2.82. The highest BCUT2D eigenvalue weighted by Crippen LogP contribution is 2.40. The zero-order chi connectivity index (χ0) is 16.8. The van der Waals surface area contributed by atoms with Crippen molar-refractivity contribution in [1.29, 1.82) is 0 Å². The maximum atomic E-state index is 12.9. The van der Waals surface area contributed by atoms with Gasteiger partial charge < -0.3 is 4.90 Å². The van der Waals surface area contributed by atoms with Crippen LogP contribution in [0.2, 0.25) is 0 Å². The highest BCUT2D eigenvalue weighted by molar-refractivity contribution is 7.89. The van der Waals surface area contributed by atoms with Crippen LogP contribution in [0.4, 0.5) is 5.69 Å². The van der Waals surface area contributed by atoms with Gasteiger partial charge in [-0.1, -0.05) is 26.0 Å². The number of carbonyl (C=O) groups is 1. The molecular formula is C17H20N2O3S. The van der Waals surface area contributed by atoms with Crippen molar-refractivity contribution < 1.29 is 13.2 Å². The summed E-state index contributed by atoms with van der Waals surface area (Å²) in [5.41, 5.74) is 1.37. The Balaban J connectivity index is 2.33. The summed E-state index contributed by atoms with van der Waals surface area (Å²) in [4.78, 5) is 14.4. The molecule has 1 aliphatic rings. The summed E-state index contributed by atoms with van der Waals surface area (Å²) in [6, 6.07) is 8.66. The van der Waals surface area contributed by atoms with E-state index in [0.717, 1.165) is 11.1 Å². The lowest BCUT2D eigenvalue weighted by molar-refractivity contribution is 0.0994. The molecule has 0 fully saturated rings. The van der Waals surface area contributed by atoms with Crippen LogP contribution in [-0.4, -0.2) is 38.3 Å². The molecule has 6 heteroatoms. The van der Waals surface area contributed by atoms with Gasteiger partial charge in [0.15, 0.2) is 0 Å². The Morgan fingerprint density at radius 1 is 1.04 bits per heavy atom. The first kappa shape index (κ1) is 16.0. The monoisotopic (exact) mass is 332 g/mol. The van der Waals surface area contributed by atoms with Gasteiger partial charge in [0.2, 0.25) is 10.0 Å². The molecule has 0 spiro atoms. The van der Waals surface area contributed by atoms with Crippen LogP contribution >= 0.6 is 0 Å². The number of amides is 1. The highest BCUT2D eigenvalue weighted by Gasteiger charge is 2.32. The summed E-state index contributed by atoms with van der Waals surface area (Å²) in [5, 5.41) is 1.36. The number of hydrogen-bond donors (Lipinski definition) is 0. The van der Waals surface area contributed by atoms with Crippen molar-refractivity contribution in [1.82, 2.24) is 4.31 Å². The molecule has 3 rings (SSSR count). The molecule has 0 N–H and O–H groups in total. The summed E-state index contributed by atoms with van der Waals surface area (Å²) in [5.74, 6) is -0.0644. The lowest BCUT2D eigenvalue weighted by Gasteiger charge is -2.20. The first-order chi connectivity index (χ1) is 11.0. The van der Waals surface area contributed by atoms with Crippen molar-refractivity contribution >= 4 is 32.4 Å². The molecule has 5 nitrogen and oxygen atoms in total. The molecule has 122 valence electrons. The summed E-state index contributed by atoms with van der Waals surface area (Å²) in [6.45, 7) is 6.96. The Morgan fingerprint density at radius 3 is 2.35 bits per heavy atom. The van der Waals surface area contributed by atoms with Gasteiger partial charge in [0.1, 0.15) is 0 Å². The number of anilines is 1. The SMILES string of the molecule is CCN1C(=O)c2cccc3c(S(=O)(=O)N(CC)CC)ccc1c23. The van der Waals surface area contributed by atoms with E-state index in [1.807, 2.05) is 20.8 Å². The van der Waals surface area contributed by atoms with Crippen molar-refractivity contribution in [2.45, 2.75) is 25.7 Å². The number of rotatable bonds is 5. The topological polar surface area (TPSA) is 57.7 Å². The number of benzene rings is 2. The minimum atomic E-state index is -3.57. The van der Waals surface area contributed by atoms with E-state index in [1.54, 1.807) is 35.2 Å². The third-order valence-corrected chi connectivity index (χ3v) is 6.49. The van der Waals surface area contributed by atoms with Crippen LogP contribution in [0.1, 0.15) is 31.1 Å². The molecule has 0 aliphatic carbocycles. The minimum absolute atomic E-state index is 0.0644. The van der Waals surface area contributed by atoms with E-state index in [2.05, 4.69) is 0 Å². The second-order valence-electron chi connectivity index (χ2n) is 5.45. The first-order valence-electron chi connectivity index (χ1n) is 7.85. The molecule has 23 heavy (non-hydrogen) atoms. The van der Waals surface area contributed by atoms with Crippen LogP contribution < -0.4 is 4.90 Å². The molecule has 0 saturated heterocycles. The van der Waals surface area contributed by atoms with Crippen LogP contribution in [0, 0.1) is 0 Å². The minimum Gasteiger partial charge on any atom is -0.308 e. The van der Waals surface area contributed by atoms with Crippen molar-refractivity contribution in [2.24, 2.45) is 0 Å². The molecule has 2 aromatic rings. The molecule has 0 bridgehead atoms. The number of nitrogens with zero attached hydrogens (tertiary/aromatic N) is 2. The van der Waals surface area contributed by atoms with E-state index in [-0.39, 0.29) is 10.8 Å². The third-order valence-electron chi connectivity index (χ3n) is 4.38. The Labute approximate surface area is 136 Å². The fourth-order valence-corrected chi connectivity index (χ4v) is 4.91. The van der Waals surface area contributed by atoms with E-state index in [4.69, 9.17) is 0 Å². The summed E-state index contributed by atoms with van der Waals surface area (Å²) < 4.78 is 27.3. The molecular weight excluding hydrogens is 312 g/mol. The fourth-order valence-electron chi connectivity index (χ4n) is 3.26. The summed E-state index contributed by atoms with van der Waals surface area (Å²) >= 11 is 0. The van der Waals surface area contributed by atoms with Gasteiger partial charge in [-0.2, -0.15) is 4.31 Å². The number of sulfonamides is 1. The fraction of sp³-hybridized carbons (Fsp3) is 0.353. The second-order valence-corrected chi connectivity index (χ2v) is 7.36. The van der Waals surface area contributed by atoms with Gasteiger partial charge in [-0.25, -0.2) is 8.42 Å². The predicted octanol–water partition coefficient (Wildman–Crippen LogP) is 2.85. The summed E-state index contributed by atoms with van der Waals surface area (Å²) in [7, 11) is -3.57. The standard InChI is InChI=1S/C17H20N2O3S/c1-4-18(5-2)23(21,22)15-11-10-14-16-12(15)8-7-9-13(16)17(20)19(14)6-3/h7-11H,4-6H2,1-3H3. The van der Waals surface area contributed by atoms with Crippen molar-refractivity contribution in [3.05, 3.63) is 35.9 Å². The van der Waals surface area contributed by atoms with Crippen molar-refractivity contribution in [3.8, 4) is 0 Å². The van der Waals surface area contributed by atoms with Gasteiger partial charge in [-0.05, 0) is 25.1 Å². The van der Waals surface area contributed by atoms with Crippen LogP contribution in [0.25, 0.3) is 10.8 Å². The highest BCUT2D eigenvalue weighted by atomic mass is 32.2. The zero-order valence-corrected chi connectivity index (χ0v) is 14.4. The lowest BCUT2D eigenvalue weighted by Crippen LogP contribution is -2.30. The first-order valence-corrected chi connectivity index (χ1v) is 9.29. The maximum Gasteiger partial charge on any atom is 0.258 e. The van der Waals surface area contributed by atoms with Gasteiger partial charge in [-0.15, -0.1) is 0 Å². The third kappa shape index (κ3) is 2.16. The molecule has 2 aromatic carbocycles. The number of carbonyl (C=O) groups excluding carboxylic acids is 1. The van der Waals surface area contributed by atoms with Gasteiger partial charge in [-0.3, -0.25) is 4.79 Å². The van der Waals surface area contributed by atoms with Gasteiger partial charge in [0, 0.05) is 36.0 Å². The average molecular weight is 332 g/mol. The number of hydrogen-bond acceptors (Lipinski definition) is 3. The van der Waals surface area contributed by atoms with Gasteiger partial charge in [0.05, 0.1) is 10.6 Å². The second kappa shape index (κ2) is 5.62.